The van der Waals surface area contributed by atoms with Gasteiger partial charge in [-0.05, 0) is 60.2 Å². The Bertz CT molecular complexity index is 1550. The molecule has 0 spiro atoms. The van der Waals surface area contributed by atoms with E-state index in [1.54, 1.807) is 49.5 Å². The number of rotatable bonds is 11. The maximum Gasteiger partial charge on any atom is 0.327 e. The molecule has 1 N–H and O–H groups in total. The average molecular weight is 587 g/mol. The molecule has 0 fully saturated rings. The normalized spacial score (nSPS) is 11.9. The molecule has 4 aromatic rings. The van der Waals surface area contributed by atoms with Gasteiger partial charge in [0.25, 0.3) is 5.91 Å². The molecule has 2 aromatic carbocycles. The molecule has 0 saturated carbocycles. The number of nitrogens with zero attached hydrogens (tertiary/aromatic N) is 5. The van der Waals surface area contributed by atoms with E-state index in [0.717, 1.165) is 11.1 Å². The van der Waals surface area contributed by atoms with Gasteiger partial charge in [0.05, 0.1) is 12.8 Å². The Morgan fingerprint density at radius 2 is 1.84 bits per heavy atom. The Balaban J connectivity index is 1.71. The van der Waals surface area contributed by atoms with Crippen LogP contribution < -0.4 is 10.2 Å². The average Bonchev–Trinajstić information content (AvgIpc) is 3.44. The summed E-state index contributed by atoms with van der Waals surface area (Å²) in [7, 11) is 0. The smallest absolute Gasteiger partial charge is 0.327 e. The maximum atomic E-state index is 14.2. The van der Waals surface area contributed by atoms with E-state index >= 15 is 0 Å². The molecule has 4 rings (SSSR count). The fourth-order valence-corrected chi connectivity index (χ4v) is 4.52. The van der Waals surface area contributed by atoms with E-state index in [2.05, 4.69) is 41.4 Å². The summed E-state index contributed by atoms with van der Waals surface area (Å²) >= 11 is 0. The molecule has 0 aliphatic heterocycles. The standard InChI is InChI=1S/C32H35FN6O4/c1-5-43-28(40)21-38-20-27(36-37-38)31(42)39(26-13-11-24(12-14-26)32(2,3)4)29(23-9-7-16-34-19-23)30(41)35-17-15-22-8-6-10-25(33)18-22/h6-14,16,18-20,29H,5,15,17,21H2,1-4H3,(H,35,41). The van der Waals surface area contributed by atoms with Crippen molar-refractivity contribution < 1.29 is 23.5 Å². The highest BCUT2D eigenvalue weighted by Gasteiger charge is 2.35. The molecular weight excluding hydrogens is 551 g/mol. The quantitative estimate of drug-likeness (QED) is 0.259. The molecule has 0 aliphatic rings. The molecule has 1 atom stereocenters. The number of amides is 2. The Kier molecular flexibility index (Phi) is 9.97. The Morgan fingerprint density at radius 3 is 2.49 bits per heavy atom. The third-order valence-electron chi connectivity index (χ3n) is 6.69. The van der Waals surface area contributed by atoms with Gasteiger partial charge in [-0.15, -0.1) is 5.10 Å². The second-order valence-electron chi connectivity index (χ2n) is 10.9. The number of esters is 1. The molecule has 43 heavy (non-hydrogen) atoms. The molecule has 2 amide bonds. The summed E-state index contributed by atoms with van der Waals surface area (Å²) in [5.41, 5.74) is 2.49. The first-order valence-electron chi connectivity index (χ1n) is 14.0. The summed E-state index contributed by atoms with van der Waals surface area (Å²) < 4.78 is 19.9. The van der Waals surface area contributed by atoms with Gasteiger partial charge >= 0.3 is 5.97 Å². The van der Waals surface area contributed by atoms with Crippen molar-refractivity contribution in [3.63, 3.8) is 0 Å². The van der Waals surface area contributed by atoms with Gasteiger partial charge in [-0.2, -0.15) is 0 Å². The number of aromatic nitrogens is 4. The minimum atomic E-state index is -1.13. The topological polar surface area (TPSA) is 119 Å². The van der Waals surface area contributed by atoms with Crippen molar-refractivity contribution in [3.05, 3.63) is 107 Å². The van der Waals surface area contributed by atoms with Crippen molar-refractivity contribution in [2.24, 2.45) is 0 Å². The number of halogens is 1. The first kappa shape index (κ1) is 31.0. The largest absolute Gasteiger partial charge is 0.465 e. The van der Waals surface area contributed by atoms with Crippen LogP contribution in [0.15, 0.2) is 79.3 Å². The SMILES string of the molecule is CCOC(=O)Cn1cc(C(=O)N(c2ccc(C(C)(C)C)cc2)C(C(=O)NCCc2cccc(F)c2)c2cccnc2)nn1. The lowest BCUT2D eigenvalue weighted by molar-refractivity contribution is -0.144. The van der Waals surface area contributed by atoms with E-state index in [9.17, 15) is 18.8 Å². The number of carbonyl (C=O) groups excluding carboxylic acids is 3. The highest BCUT2D eigenvalue weighted by molar-refractivity contribution is 6.09. The first-order valence-corrected chi connectivity index (χ1v) is 14.0. The summed E-state index contributed by atoms with van der Waals surface area (Å²) in [5, 5.41) is 10.8. The minimum absolute atomic E-state index is 0.0642. The number of anilines is 1. The van der Waals surface area contributed by atoms with Crippen molar-refractivity contribution in [2.45, 2.75) is 52.1 Å². The van der Waals surface area contributed by atoms with Crippen molar-refractivity contribution in [1.82, 2.24) is 25.3 Å². The van der Waals surface area contributed by atoms with Gasteiger partial charge in [0.2, 0.25) is 5.91 Å². The molecule has 11 heteroatoms. The van der Waals surface area contributed by atoms with Gasteiger partial charge < -0.3 is 10.1 Å². The Labute approximate surface area is 249 Å². The Morgan fingerprint density at radius 1 is 1.07 bits per heavy atom. The number of hydrogen-bond acceptors (Lipinski definition) is 7. The molecule has 0 saturated heterocycles. The van der Waals surface area contributed by atoms with Crippen LogP contribution in [-0.2, 0) is 32.7 Å². The van der Waals surface area contributed by atoms with Gasteiger partial charge in [-0.25, -0.2) is 9.07 Å². The number of ether oxygens (including phenoxy) is 1. The number of benzene rings is 2. The van der Waals surface area contributed by atoms with E-state index in [-0.39, 0.29) is 36.6 Å². The van der Waals surface area contributed by atoms with Crippen LogP contribution in [0.25, 0.3) is 0 Å². The number of hydrogen-bond donors (Lipinski definition) is 1. The van der Waals surface area contributed by atoms with Gasteiger partial charge in [-0.3, -0.25) is 24.3 Å². The molecule has 10 nitrogen and oxygen atoms in total. The van der Waals surface area contributed by atoms with Crippen LogP contribution in [-0.4, -0.2) is 50.9 Å². The van der Waals surface area contributed by atoms with Crippen LogP contribution in [0.4, 0.5) is 10.1 Å². The molecule has 0 radical (unpaired) electrons. The van der Waals surface area contributed by atoms with E-state index in [0.29, 0.717) is 17.7 Å². The minimum Gasteiger partial charge on any atom is -0.465 e. The highest BCUT2D eigenvalue weighted by atomic mass is 19.1. The fourth-order valence-electron chi connectivity index (χ4n) is 4.52. The third kappa shape index (κ3) is 8.09. The molecular formula is C32H35FN6O4. The Hall–Kier alpha value is -4.93. The van der Waals surface area contributed by atoms with Crippen molar-refractivity contribution >= 4 is 23.5 Å². The molecule has 2 aromatic heterocycles. The molecule has 0 bridgehead atoms. The number of carbonyl (C=O) groups is 3. The van der Waals surface area contributed by atoms with E-state index < -0.39 is 23.8 Å². The zero-order valence-electron chi connectivity index (χ0n) is 24.7. The number of pyridine rings is 1. The summed E-state index contributed by atoms with van der Waals surface area (Å²) in [6, 6.07) is 15.8. The fraction of sp³-hybridized carbons (Fsp3) is 0.312. The van der Waals surface area contributed by atoms with Gasteiger partial charge in [-0.1, -0.05) is 56.3 Å². The van der Waals surface area contributed by atoms with Gasteiger partial charge in [0, 0.05) is 30.2 Å². The van der Waals surface area contributed by atoms with E-state index in [1.165, 1.54) is 34.1 Å². The number of nitrogens with one attached hydrogen (secondary N) is 1. The lowest BCUT2D eigenvalue weighted by Crippen LogP contribution is -2.44. The second kappa shape index (κ2) is 13.8. The lowest BCUT2D eigenvalue weighted by Gasteiger charge is -2.31. The zero-order valence-corrected chi connectivity index (χ0v) is 24.7. The van der Waals surface area contributed by atoms with Crippen molar-refractivity contribution in [2.75, 3.05) is 18.1 Å². The summed E-state index contributed by atoms with van der Waals surface area (Å²) in [6.07, 6.45) is 4.84. The molecule has 224 valence electrons. The van der Waals surface area contributed by atoms with E-state index in [4.69, 9.17) is 4.74 Å². The molecule has 1 unspecified atom stereocenters. The zero-order chi connectivity index (χ0) is 31.0. The van der Waals surface area contributed by atoms with Crippen LogP contribution in [0.1, 0.15) is 60.9 Å². The van der Waals surface area contributed by atoms with E-state index in [1.807, 2.05) is 12.1 Å². The third-order valence-corrected chi connectivity index (χ3v) is 6.69. The first-order chi connectivity index (χ1) is 20.6. The summed E-state index contributed by atoms with van der Waals surface area (Å²) in [6.45, 7) is 8.13. The van der Waals surface area contributed by atoms with Gasteiger partial charge in [0.15, 0.2) is 5.69 Å². The lowest BCUT2D eigenvalue weighted by atomic mass is 9.87. The monoisotopic (exact) mass is 586 g/mol. The van der Waals surface area contributed by atoms with Gasteiger partial charge in [0.1, 0.15) is 18.4 Å². The predicted molar refractivity (Wildman–Crippen MR) is 159 cm³/mol. The predicted octanol–water partition coefficient (Wildman–Crippen LogP) is 4.42. The summed E-state index contributed by atoms with van der Waals surface area (Å²) in [5.74, 6) is -1.94. The molecule has 0 aliphatic carbocycles. The highest BCUT2D eigenvalue weighted by Crippen LogP contribution is 2.31. The van der Waals surface area contributed by atoms with Crippen molar-refractivity contribution in [1.29, 1.82) is 0 Å². The van der Waals surface area contributed by atoms with Crippen LogP contribution in [0.5, 0.6) is 0 Å². The van der Waals surface area contributed by atoms with Crippen molar-refractivity contribution in [3.8, 4) is 0 Å². The molecule has 2 heterocycles. The summed E-state index contributed by atoms with van der Waals surface area (Å²) in [4.78, 5) is 45.6. The van der Waals surface area contributed by atoms with Crippen LogP contribution in [0, 0.1) is 5.82 Å². The van der Waals surface area contributed by atoms with Crippen LogP contribution >= 0.6 is 0 Å². The second-order valence-corrected chi connectivity index (χ2v) is 10.9. The van der Waals surface area contributed by atoms with Crippen LogP contribution in [0.2, 0.25) is 0 Å². The van der Waals surface area contributed by atoms with Crippen LogP contribution in [0.3, 0.4) is 0 Å². The maximum absolute atomic E-state index is 14.2.